The van der Waals surface area contributed by atoms with Crippen molar-refractivity contribution in [2.24, 2.45) is 9.98 Å². The molecular formula is C43H52N4O4. The molecule has 1 saturated carbocycles. The summed E-state index contributed by atoms with van der Waals surface area (Å²) in [5.41, 5.74) is 11.8. The summed E-state index contributed by atoms with van der Waals surface area (Å²) in [4.78, 5) is 39.5. The Morgan fingerprint density at radius 3 is 1.65 bits per heavy atom. The molecule has 2 aliphatic carbocycles. The van der Waals surface area contributed by atoms with Crippen molar-refractivity contribution in [3.05, 3.63) is 71.1 Å². The van der Waals surface area contributed by atoms with Gasteiger partial charge in [-0.1, -0.05) is 36.4 Å². The van der Waals surface area contributed by atoms with E-state index in [0.717, 1.165) is 56.5 Å². The minimum absolute atomic E-state index is 0.00272. The van der Waals surface area contributed by atoms with E-state index >= 15 is 0 Å². The van der Waals surface area contributed by atoms with Crippen molar-refractivity contribution in [2.45, 2.75) is 134 Å². The molecule has 8 rings (SSSR count). The highest BCUT2D eigenvalue weighted by molar-refractivity contribution is 6.04. The smallest absolute Gasteiger partial charge is 0.410 e. The number of hydrogen-bond acceptors (Lipinski definition) is 6. The molecular weight excluding hydrogens is 636 g/mol. The summed E-state index contributed by atoms with van der Waals surface area (Å²) in [5.74, 6) is 1.20. The molecule has 0 aromatic heterocycles. The second-order valence-electron chi connectivity index (χ2n) is 17.3. The molecule has 4 aliphatic heterocycles. The number of hydrogen-bond donors (Lipinski definition) is 0. The Hall–Kier alpha value is -4.20. The minimum Gasteiger partial charge on any atom is -0.444 e. The van der Waals surface area contributed by atoms with Crippen molar-refractivity contribution in [2.75, 3.05) is 13.1 Å². The topological polar surface area (TPSA) is 83.8 Å². The molecule has 51 heavy (non-hydrogen) atoms. The van der Waals surface area contributed by atoms with E-state index < -0.39 is 11.2 Å². The Labute approximate surface area is 302 Å². The van der Waals surface area contributed by atoms with Crippen LogP contribution in [0.15, 0.2) is 58.8 Å². The number of aliphatic imine (C=N–C) groups is 2. The van der Waals surface area contributed by atoms with E-state index in [2.05, 4.69) is 42.6 Å². The number of likely N-dealkylation sites (tertiary alicyclic amines) is 2. The second-order valence-corrected chi connectivity index (χ2v) is 17.3. The van der Waals surface area contributed by atoms with Gasteiger partial charge in [0.05, 0.1) is 12.1 Å². The Morgan fingerprint density at radius 2 is 1.10 bits per heavy atom. The van der Waals surface area contributed by atoms with Crippen molar-refractivity contribution in [1.82, 2.24) is 9.80 Å². The third-order valence-corrected chi connectivity index (χ3v) is 11.5. The fraction of sp³-hybridized carbons (Fsp3) is 0.535. The van der Waals surface area contributed by atoms with Gasteiger partial charge in [0.1, 0.15) is 11.2 Å². The van der Waals surface area contributed by atoms with Crippen LogP contribution in [-0.2, 0) is 9.47 Å². The van der Waals surface area contributed by atoms with Gasteiger partial charge in [0.15, 0.2) is 0 Å². The third-order valence-electron chi connectivity index (χ3n) is 11.5. The summed E-state index contributed by atoms with van der Waals surface area (Å²) >= 11 is 0. The van der Waals surface area contributed by atoms with Gasteiger partial charge in [-0.05, 0) is 143 Å². The zero-order valence-electron chi connectivity index (χ0n) is 31.1. The zero-order valence-corrected chi connectivity index (χ0v) is 31.1. The van der Waals surface area contributed by atoms with E-state index in [1.165, 1.54) is 63.8 Å². The zero-order chi connectivity index (χ0) is 35.7. The number of allylic oxidation sites excluding steroid dienone is 2. The number of amides is 2. The van der Waals surface area contributed by atoms with Crippen molar-refractivity contribution in [1.29, 1.82) is 0 Å². The van der Waals surface area contributed by atoms with E-state index in [1.807, 2.05) is 57.5 Å². The molecule has 268 valence electrons. The average molecular weight is 689 g/mol. The molecule has 0 N–H and O–H groups in total. The number of carbonyl (C=O) groups is 2. The van der Waals surface area contributed by atoms with Gasteiger partial charge in [-0.3, -0.25) is 19.8 Å². The predicted octanol–water partition coefficient (Wildman–Crippen LogP) is 9.89. The molecule has 2 amide bonds. The number of nitrogens with zero attached hydrogens (tertiary/aromatic N) is 4. The van der Waals surface area contributed by atoms with Crippen LogP contribution in [0.4, 0.5) is 9.59 Å². The molecule has 2 saturated heterocycles. The molecule has 6 aliphatic rings. The first kappa shape index (κ1) is 33.9. The van der Waals surface area contributed by atoms with Gasteiger partial charge in [0.25, 0.3) is 0 Å². The van der Waals surface area contributed by atoms with E-state index in [9.17, 15) is 9.59 Å². The lowest BCUT2D eigenvalue weighted by atomic mass is 9.80. The van der Waals surface area contributed by atoms with Gasteiger partial charge in [-0.25, -0.2) is 9.59 Å². The molecule has 2 aromatic carbocycles. The fourth-order valence-electron chi connectivity index (χ4n) is 9.37. The average Bonchev–Trinajstić information content (AvgIpc) is 3.93. The van der Waals surface area contributed by atoms with Crippen molar-refractivity contribution in [3.8, 4) is 11.1 Å². The van der Waals surface area contributed by atoms with Crippen LogP contribution in [0.2, 0.25) is 0 Å². The van der Waals surface area contributed by atoms with Crippen LogP contribution >= 0.6 is 0 Å². The highest BCUT2D eigenvalue weighted by Gasteiger charge is 2.42. The molecule has 4 heterocycles. The van der Waals surface area contributed by atoms with Crippen molar-refractivity contribution < 1.29 is 19.1 Å². The maximum Gasteiger partial charge on any atom is 0.410 e. The summed E-state index contributed by atoms with van der Waals surface area (Å²) in [6.45, 7) is 12.9. The lowest BCUT2D eigenvalue weighted by Crippen LogP contribution is -2.43. The van der Waals surface area contributed by atoms with Crippen LogP contribution in [0.3, 0.4) is 0 Å². The largest absolute Gasteiger partial charge is 0.444 e. The van der Waals surface area contributed by atoms with Gasteiger partial charge in [-0.2, -0.15) is 0 Å². The van der Waals surface area contributed by atoms with Crippen LogP contribution in [0.1, 0.15) is 133 Å². The highest BCUT2D eigenvalue weighted by Crippen LogP contribution is 2.58. The SMILES string of the molecule is CC(C)(C)OC(=O)N1CCC[C@H]1C1=NC=C(c2ccc(-c3ccc(C4=CN=C([C@@H]5CCCN5C(=O)OC(C)(C)C)C4)c4c3C3CCC4C3)cc2)C1. The van der Waals surface area contributed by atoms with E-state index in [0.29, 0.717) is 18.4 Å². The maximum absolute atomic E-state index is 13.0. The van der Waals surface area contributed by atoms with Crippen LogP contribution in [-0.4, -0.2) is 69.8 Å². The van der Waals surface area contributed by atoms with Gasteiger partial charge in [0, 0.05) is 49.8 Å². The predicted molar refractivity (Wildman–Crippen MR) is 203 cm³/mol. The first-order chi connectivity index (χ1) is 24.3. The Bertz CT molecular complexity index is 1870. The lowest BCUT2D eigenvalue weighted by molar-refractivity contribution is 0.0254. The molecule has 4 atom stereocenters. The van der Waals surface area contributed by atoms with Crippen LogP contribution < -0.4 is 0 Å². The number of rotatable bonds is 5. The summed E-state index contributed by atoms with van der Waals surface area (Å²) < 4.78 is 11.5. The number of ether oxygens (including phenoxy) is 2. The quantitative estimate of drug-likeness (QED) is 0.313. The van der Waals surface area contributed by atoms with Gasteiger partial charge >= 0.3 is 12.2 Å². The molecule has 0 radical (unpaired) electrons. The molecule has 0 spiro atoms. The minimum atomic E-state index is -0.513. The number of benzene rings is 2. The summed E-state index contributed by atoms with van der Waals surface area (Å²) in [6, 6.07) is 13.7. The number of carbonyl (C=O) groups excluding carboxylic acids is 2. The molecule has 2 bridgehead atoms. The van der Waals surface area contributed by atoms with Gasteiger partial charge in [0.2, 0.25) is 0 Å². The normalized spacial score (nSPS) is 25.5. The monoisotopic (exact) mass is 688 g/mol. The first-order valence-corrected chi connectivity index (χ1v) is 19.1. The van der Waals surface area contributed by atoms with Crippen molar-refractivity contribution >= 4 is 34.8 Å². The Morgan fingerprint density at radius 1 is 0.627 bits per heavy atom. The van der Waals surface area contributed by atoms with E-state index in [1.54, 1.807) is 0 Å². The number of fused-ring (bicyclic) bond motifs is 5. The van der Waals surface area contributed by atoms with Crippen LogP contribution in [0.5, 0.6) is 0 Å². The fourth-order valence-corrected chi connectivity index (χ4v) is 9.37. The van der Waals surface area contributed by atoms with Crippen LogP contribution in [0, 0.1) is 0 Å². The Balaban J connectivity index is 0.971. The lowest BCUT2D eigenvalue weighted by Gasteiger charge is -2.29. The van der Waals surface area contributed by atoms with E-state index in [4.69, 9.17) is 19.5 Å². The molecule has 3 fully saturated rings. The van der Waals surface area contributed by atoms with E-state index in [-0.39, 0.29) is 24.3 Å². The van der Waals surface area contributed by atoms with Crippen molar-refractivity contribution in [3.63, 3.8) is 0 Å². The second kappa shape index (κ2) is 12.8. The summed E-state index contributed by atoms with van der Waals surface area (Å²) in [5, 5.41) is 0. The Kier molecular flexibility index (Phi) is 8.50. The molecule has 8 heteroatoms. The highest BCUT2D eigenvalue weighted by atomic mass is 16.6. The van der Waals surface area contributed by atoms with Gasteiger partial charge < -0.3 is 9.47 Å². The standard InChI is InChI=1S/C43H52N4O4/c1-42(2,3)50-40(48)46-19-7-9-36(46)34-22-30(24-44-34)26-11-13-27(14-12-26)32-17-18-33(39-29-16-15-28(21-29)38(32)39)31-23-35(45-25-31)37-10-8-20-47(37)41(49)51-43(4,5)6/h11-14,17-18,24-25,28-29,36-37H,7-10,15-16,19-23H2,1-6H3/t28?,29?,36-,37-/m0/s1. The molecule has 8 nitrogen and oxygen atoms in total. The maximum atomic E-state index is 13.0. The first-order valence-electron chi connectivity index (χ1n) is 19.1. The third kappa shape index (κ3) is 6.55. The summed E-state index contributed by atoms with van der Waals surface area (Å²) in [7, 11) is 0. The summed E-state index contributed by atoms with van der Waals surface area (Å²) in [6.07, 6.45) is 12.7. The molecule has 2 aromatic rings. The molecule has 2 unspecified atom stereocenters. The van der Waals surface area contributed by atoms with Gasteiger partial charge in [-0.15, -0.1) is 0 Å². The van der Waals surface area contributed by atoms with Crippen LogP contribution in [0.25, 0.3) is 22.3 Å².